The Morgan fingerprint density at radius 1 is 1.19 bits per heavy atom. The van der Waals surface area contributed by atoms with Crippen molar-refractivity contribution in [2.24, 2.45) is 0 Å². The topological polar surface area (TPSA) is 35.6 Å². The van der Waals surface area contributed by atoms with Gasteiger partial charge in [-0.3, -0.25) is 9.69 Å². The molecule has 118 valence electrons. The molecule has 3 rings (SSSR count). The maximum atomic E-state index is 12.2. The molecule has 21 heavy (non-hydrogen) atoms. The highest BCUT2D eigenvalue weighted by Crippen LogP contribution is 2.22. The van der Waals surface area contributed by atoms with Crippen LogP contribution in [0.3, 0.4) is 0 Å². The Balaban J connectivity index is 1.50. The number of nitrogens with one attached hydrogen (secondary N) is 1. The minimum Gasteiger partial charge on any atom is -0.348 e. The summed E-state index contributed by atoms with van der Waals surface area (Å²) in [4.78, 5) is 17.3. The maximum Gasteiger partial charge on any atom is 0.247 e. The third kappa shape index (κ3) is 3.86. The van der Waals surface area contributed by atoms with E-state index in [0.717, 1.165) is 43.8 Å². The number of piperidine rings is 2. The maximum absolute atomic E-state index is 12.2. The molecule has 0 aromatic heterocycles. The predicted octanol–water partition coefficient (Wildman–Crippen LogP) is 1.77. The molecule has 3 aliphatic rings. The predicted molar refractivity (Wildman–Crippen MR) is 85.2 cm³/mol. The van der Waals surface area contributed by atoms with E-state index >= 15 is 0 Å². The summed E-state index contributed by atoms with van der Waals surface area (Å²) in [6.45, 7) is 4.69. The fraction of sp³-hybridized carbons (Fsp3) is 0.824. The summed E-state index contributed by atoms with van der Waals surface area (Å²) < 4.78 is 0. The third-order valence-corrected chi connectivity index (χ3v) is 5.33. The first-order chi connectivity index (χ1) is 10.2. The number of hydrogen-bond acceptors (Lipinski definition) is 3. The van der Waals surface area contributed by atoms with Gasteiger partial charge < -0.3 is 10.2 Å². The van der Waals surface area contributed by atoms with Crippen molar-refractivity contribution in [3.63, 3.8) is 0 Å². The largest absolute Gasteiger partial charge is 0.348 e. The van der Waals surface area contributed by atoms with Crippen LogP contribution in [0.5, 0.6) is 0 Å². The van der Waals surface area contributed by atoms with Gasteiger partial charge in [0.15, 0.2) is 0 Å². The van der Waals surface area contributed by atoms with E-state index in [0.29, 0.717) is 6.04 Å². The Morgan fingerprint density at radius 2 is 2.00 bits per heavy atom. The van der Waals surface area contributed by atoms with Crippen molar-refractivity contribution in [2.45, 2.75) is 57.0 Å². The van der Waals surface area contributed by atoms with Gasteiger partial charge in [-0.15, -0.1) is 0 Å². The van der Waals surface area contributed by atoms with Gasteiger partial charge in [-0.25, -0.2) is 0 Å². The SMILES string of the molecule is CN1CCC(N2CCCC(NC(=O)C3=CCCC3)C2)CC1. The molecule has 0 saturated carbocycles. The molecule has 2 saturated heterocycles. The van der Waals surface area contributed by atoms with Crippen LogP contribution in [0.25, 0.3) is 0 Å². The van der Waals surface area contributed by atoms with Crippen LogP contribution >= 0.6 is 0 Å². The second-order valence-electron chi connectivity index (χ2n) is 6.96. The molecule has 1 aliphatic carbocycles. The van der Waals surface area contributed by atoms with Crippen LogP contribution in [0.4, 0.5) is 0 Å². The summed E-state index contributed by atoms with van der Waals surface area (Å²) >= 11 is 0. The molecule has 1 unspecified atom stereocenters. The van der Waals surface area contributed by atoms with Crippen LogP contribution < -0.4 is 5.32 Å². The third-order valence-electron chi connectivity index (χ3n) is 5.33. The highest BCUT2D eigenvalue weighted by atomic mass is 16.1. The number of carbonyl (C=O) groups excluding carboxylic acids is 1. The summed E-state index contributed by atoms with van der Waals surface area (Å²) in [5.41, 5.74) is 1.02. The second kappa shape index (κ2) is 6.93. The van der Waals surface area contributed by atoms with E-state index in [2.05, 4.69) is 28.2 Å². The van der Waals surface area contributed by atoms with Crippen molar-refractivity contribution in [2.75, 3.05) is 33.2 Å². The van der Waals surface area contributed by atoms with Crippen molar-refractivity contribution in [3.8, 4) is 0 Å². The Bertz CT molecular complexity index is 399. The fourth-order valence-electron chi connectivity index (χ4n) is 3.97. The Hall–Kier alpha value is -0.870. The quantitative estimate of drug-likeness (QED) is 0.861. The summed E-state index contributed by atoms with van der Waals surface area (Å²) in [5.74, 6) is 0.197. The highest BCUT2D eigenvalue weighted by Gasteiger charge is 2.29. The molecule has 2 aliphatic heterocycles. The van der Waals surface area contributed by atoms with Gasteiger partial charge in [0.2, 0.25) is 5.91 Å². The van der Waals surface area contributed by atoms with Gasteiger partial charge in [-0.05, 0) is 71.6 Å². The van der Waals surface area contributed by atoms with Crippen LogP contribution in [0.2, 0.25) is 0 Å². The van der Waals surface area contributed by atoms with E-state index in [1.807, 2.05) is 0 Å². The van der Waals surface area contributed by atoms with E-state index in [1.165, 1.54) is 38.9 Å². The lowest BCUT2D eigenvalue weighted by Gasteiger charge is -2.41. The molecular formula is C17H29N3O. The molecule has 1 N–H and O–H groups in total. The number of hydrogen-bond donors (Lipinski definition) is 1. The zero-order valence-corrected chi connectivity index (χ0v) is 13.3. The van der Waals surface area contributed by atoms with Gasteiger partial charge in [-0.1, -0.05) is 6.08 Å². The first-order valence-corrected chi connectivity index (χ1v) is 8.65. The zero-order chi connectivity index (χ0) is 14.7. The Labute approximate surface area is 128 Å². The lowest BCUT2D eigenvalue weighted by molar-refractivity contribution is -0.118. The van der Waals surface area contributed by atoms with Gasteiger partial charge in [0, 0.05) is 24.2 Å². The van der Waals surface area contributed by atoms with E-state index < -0.39 is 0 Å². The average Bonchev–Trinajstić information content (AvgIpc) is 3.02. The normalized spacial score (nSPS) is 29.4. The first-order valence-electron chi connectivity index (χ1n) is 8.65. The van der Waals surface area contributed by atoms with Gasteiger partial charge in [0.25, 0.3) is 0 Å². The molecule has 1 atom stereocenters. The van der Waals surface area contributed by atoms with Crippen molar-refractivity contribution in [1.82, 2.24) is 15.1 Å². The van der Waals surface area contributed by atoms with Gasteiger partial charge in [-0.2, -0.15) is 0 Å². The summed E-state index contributed by atoms with van der Waals surface area (Å²) in [5, 5.41) is 3.28. The van der Waals surface area contributed by atoms with E-state index in [1.54, 1.807) is 0 Å². The molecular weight excluding hydrogens is 262 g/mol. The van der Waals surface area contributed by atoms with Crippen LogP contribution in [-0.2, 0) is 4.79 Å². The van der Waals surface area contributed by atoms with Gasteiger partial charge in [0.05, 0.1) is 0 Å². The van der Waals surface area contributed by atoms with Gasteiger partial charge in [0.1, 0.15) is 0 Å². The lowest BCUT2D eigenvalue weighted by atomic mass is 9.98. The molecule has 0 bridgehead atoms. The number of nitrogens with zero attached hydrogens (tertiary/aromatic N) is 2. The number of amides is 1. The molecule has 0 aromatic carbocycles. The summed E-state index contributed by atoms with van der Waals surface area (Å²) in [6.07, 6.45) is 10.2. The summed E-state index contributed by atoms with van der Waals surface area (Å²) in [6, 6.07) is 1.08. The van der Waals surface area contributed by atoms with Crippen molar-refractivity contribution in [1.29, 1.82) is 0 Å². The first kappa shape index (κ1) is 15.0. The van der Waals surface area contributed by atoms with E-state index in [-0.39, 0.29) is 5.91 Å². The monoisotopic (exact) mass is 291 g/mol. The van der Waals surface area contributed by atoms with Crippen LogP contribution in [0, 0.1) is 0 Å². The lowest BCUT2D eigenvalue weighted by Crippen LogP contribution is -2.53. The highest BCUT2D eigenvalue weighted by molar-refractivity contribution is 5.93. The standard InChI is InChI=1S/C17H29N3O/c1-19-11-8-16(9-12-19)20-10-4-7-15(13-20)18-17(21)14-5-2-3-6-14/h5,15-16H,2-4,6-13H2,1H3,(H,18,21). The molecule has 2 heterocycles. The molecule has 4 nitrogen and oxygen atoms in total. The van der Waals surface area contributed by atoms with E-state index in [4.69, 9.17) is 0 Å². The minimum atomic E-state index is 0.197. The molecule has 0 spiro atoms. The van der Waals surface area contributed by atoms with E-state index in [9.17, 15) is 4.79 Å². The smallest absolute Gasteiger partial charge is 0.247 e. The van der Waals surface area contributed by atoms with Crippen molar-refractivity contribution >= 4 is 5.91 Å². The van der Waals surface area contributed by atoms with Crippen LogP contribution in [0.15, 0.2) is 11.6 Å². The average molecular weight is 291 g/mol. The number of rotatable bonds is 3. The van der Waals surface area contributed by atoms with Crippen molar-refractivity contribution in [3.05, 3.63) is 11.6 Å². The second-order valence-corrected chi connectivity index (χ2v) is 6.96. The Morgan fingerprint density at radius 3 is 2.71 bits per heavy atom. The Kier molecular flexibility index (Phi) is 4.96. The van der Waals surface area contributed by atoms with Crippen molar-refractivity contribution < 1.29 is 4.79 Å². The summed E-state index contributed by atoms with van der Waals surface area (Å²) in [7, 11) is 2.21. The van der Waals surface area contributed by atoms with Crippen LogP contribution in [-0.4, -0.2) is 61.0 Å². The molecule has 0 aromatic rings. The number of likely N-dealkylation sites (tertiary alicyclic amines) is 2. The van der Waals surface area contributed by atoms with Crippen LogP contribution in [0.1, 0.15) is 44.9 Å². The molecule has 2 fully saturated rings. The minimum absolute atomic E-state index is 0.197. The number of carbonyl (C=O) groups is 1. The molecule has 4 heteroatoms. The molecule has 0 radical (unpaired) electrons. The zero-order valence-electron chi connectivity index (χ0n) is 13.3. The number of allylic oxidation sites excluding steroid dienone is 1. The van der Waals surface area contributed by atoms with Gasteiger partial charge >= 0.3 is 0 Å². The fourth-order valence-corrected chi connectivity index (χ4v) is 3.97. The molecule has 1 amide bonds.